The van der Waals surface area contributed by atoms with Crippen LogP contribution in [0.2, 0.25) is 5.02 Å². The van der Waals surface area contributed by atoms with E-state index in [1.54, 1.807) is 16.4 Å². The third kappa shape index (κ3) is 28.7. The first-order valence-corrected chi connectivity index (χ1v) is 36.0. The van der Waals surface area contributed by atoms with Gasteiger partial charge in [-0.05, 0) is 79.5 Å². The molecule has 46 heteroatoms. The van der Waals surface area contributed by atoms with Gasteiger partial charge in [0, 0.05) is 24.1 Å². The van der Waals surface area contributed by atoms with Crippen molar-refractivity contribution in [1.82, 2.24) is 59.0 Å². The number of benzene rings is 2. The van der Waals surface area contributed by atoms with Crippen LogP contribution >= 0.6 is 30.8 Å². The SMILES string of the molecule is CCOC(=O)C(Cl)Cc1cc(-n2nc(C)n(C(F)F)c2=O)c(F)cc1Cl.CCS(=O)(=O)c1cccnc1S(=O)(=O)NC(=O)Nc1nc(OC)cc(OC)n1.COc1nc(C)nc(NC(=O)NS(=O)(=O)c2ccccc2CCC(F)(F)F)n1.C[S+](C)C.O=C(O)CNCP(=O)([O-])O. The number of carboxylic acid groups (broad SMARTS) is 1. The van der Waals surface area contributed by atoms with Crippen molar-refractivity contribution >= 4 is 107 Å². The van der Waals surface area contributed by atoms with E-state index in [4.69, 9.17) is 52.1 Å². The number of aliphatic carboxylic acids is 1. The summed E-state index contributed by atoms with van der Waals surface area (Å²) in [6.07, 6.45) is 0.658. The van der Waals surface area contributed by atoms with E-state index in [0.29, 0.717) is 15.6 Å². The van der Waals surface area contributed by atoms with E-state index >= 15 is 0 Å². The number of anilines is 2. The molecule has 0 aliphatic carbocycles. The summed E-state index contributed by atoms with van der Waals surface area (Å²) >= 11 is 11.9. The first-order valence-electron chi connectivity index (χ1n) is 26.4. The van der Waals surface area contributed by atoms with Crippen LogP contribution in [0.15, 0.2) is 80.4 Å². The molecule has 532 valence electrons. The molecule has 0 saturated carbocycles. The van der Waals surface area contributed by atoms with Gasteiger partial charge in [-0.2, -0.15) is 60.0 Å². The zero-order valence-corrected chi connectivity index (χ0v) is 57.5. The minimum absolute atomic E-state index is 0.0424. The van der Waals surface area contributed by atoms with Gasteiger partial charge < -0.3 is 38.4 Å². The Morgan fingerprint density at radius 2 is 1.36 bits per heavy atom. The number of nitrogens with one attached hydrogen (secondary N) is 5. The van der Waals surface area contributed by atoms with E-state index in [9.17, 15) is 85.0 Å². The maximum absolute atomic E-state index is 14.2. The molecule has 0 saturated heterocycles. The van der Waals surface area contributed by atoms with Crippen molar-refractivity contribution in [2.75, 3.05) is 75.9 Å². The third-order valence-electron chi connectivity index (χ3n) is 10.6. The number of hydrogen-bond donors (Lipinski definition) is 7. The van der Waals surface area contributed by atoms with Gasteiger partial charge in [0.2, 0.25) is 23.7 Å². The van der Waals surface area contributed by atoms with Crippen LogP contribution in [0, 0.1) is 19.7 Å². The Morgan fingerprint density at radius 1 is 0.812 bits per heavy atom. The molecule has 96 heavy (non-hydrogen) atoms. The van der Waals surface area contributed by atoms with Crippen molar-refractivity contribution in [3.63, 3.8) is 0 Å². The molecule has 2 atom stereocenters. The molecule has 4 aromatic heterocycles. The fraction of sp³-hybridized carbons (Fsp3) is 0.400. The van der Waals surface area contributed by atoms with Crippen molar-refractivity contribution < 1.29 is 109 Å². The molecule has 2 aromatic carbocycles. The number of carboxylic acids is 1. The van der Waals surface area contributed by atoms with Crippen LogP contribution in [0.3, 0.4) is 0 Å². The number of hydrogen-bond acceptors (Lipinski definition) is 25. The number of nitrogens with zero attached hydrogens (tertiary/aromatic N) is 9. The number of aromatic nitrogens is 9. The van der Waals surface area contributed by atoms with Gasteiger partial charge in [-0.25, -0.2) is 54.6 Å². The smallest absolute Gasteiger partial charge is 0.389 e. The van der Waals surface area contributed by atoms with E-state index in [2.05, 4.69) is 64.4 Å². The Morgan fingerprint density at radius 3 is 1.86 bits per heavy atom. The second-order valence-corrected chi connectivity index (χ2v) is 29.0. The molecule has 7 N–H and O–H groups in total. The largest absolute Gasteiger partial charge is 0.778 e. The van der Waals surface area contributed by atoms with E-state index in [1.165, 1.54) is 72.4 Å². The van der Waals surface area contributed by atoms with Gasteiger partial charge in [-0.1, -0.05) is 36.7 Å². The summed E-state index contributed by atoms with van der Waals surface area (Å²) in [5.74, 6) is -3.66. The lowest BCUT2D eigenvalue weighted by molar-refractivity contribution is -0.193. The van der Waals surface area contributed by atoms with Crippen molar-refractivity contribution in [1.29, 1.82) is 0 Å². The van der Waals surface area contributed by atoms with Crippen LogP contribution in [0.25, 0.3) is 5.69 Å². The van der Waals surface area contributed by atoms with Crippen LogP contribution in [-0.4, -0.2) is 180 Å². The van der Waals surface area contributed by atoms with Gasteiger partial charge in [0.05, 0.1) is 76.2 Å². The number of halogens is 8. The molecular weight excluding hydrogens is 1440 g/mol. The number of carbonyl (C=O) groups excluding carboxylic acids is 3. The summed E-state index contributed by atoms with van der Waals surface area (Å²) in [6, 6.07) is 8.31. The molecule has 6 aromatic rings. The second-order valence-electron chi connectivity index (χ2n) is 18.6. The number of ether oxygens (including phenoxy) is 4. The zero-order valence-electron chi connectivity index (χ0n) is 51.8. The van der Waals surface area contributed by atoms with E-state index in [-0.39, 0.29) is 86.5 Å². The quantitative estimate of drug-likeness (QED) is 0.0155. The van der Waals surface area contributed by atoms with Crippen LogP contribution < -0.4 is 50.2 Å². The molecule has 4 heterocycles. The van der Waals surface area contributed by atoms with Crippen molar-refractivity contribution in [2.45, 2.75) is 79.9 Å². The molecule has 0 aliphatic rings. The normalized spacial score (nSPS) is 12.2. The van der Waals surface area contributed by atoms with Crippen LogP contribution in [0.5, 0.6) is 17.8 Å². The Kier molecular flexibility index (Phi) is 33.3. The lowest BCUT2D eigenvalue weighted by atomic mass is 10.1. The number of sulfonamides is 2. The highest BCUT2D eigenvalue weighted by Gasteiger charge is 2.31. The van der Waals surface area contributed by atoms with Crippen LogP contribution in [0.1, 0.15) is 49.6 Å². The Bertz CT molecular complexity index is 4100. The zero-order chi connectivity index (χ0) is 73.3. The van der Waals surface area contributed by atoms with Crippen LogP contribution in [0.4, 0.5) is 47.8 Å². The third-order valence-corrected chi connectivity index (χ3v) is 16.5. The van der Waals surface area contributed by atoms with Gasteiger partial charge in [-0.15, -0.1) is 16.7 Å². The van der Waals surface area contributed by atoms with Crippen molar-refractivity contribution in [2.24, 2.45) is 0 Å². The molecule has 0 bridgehead atoms. The number of pyridine rings is 1. The number of urea groups is 2. The number of carbonyl (C=O) groups is 4. The van der Waals surface area contributed by atoms with E-state index in [1.807, 2.05) is 5.32 Å². The predicted molar refractivity (Wildman–Crippen MR) is 332 cm³/mol. The number of aryl methyl sites for hydroxylation is 3. The van der Waals surface area contributed by atoms with Crippen molar-refractivity contribution in [3.05, 3.63) is 105 Å². The molecular formula is C50H63Cl2F6N14O19PS4. The van der Waals surface area contributed by atoms with Crippen molar-refractivity contribution in [3.8, 4) is 23.5 Å². The maximum Gasteiger partial charge on any atom is 0.389 e. The average molecular weight is 1510 g/mol. The van der Waals surface area contributed by atoms with Gasteiger partial charge in [0.1, 0.15) is 35.2 Å². The summed E-state index contributed by atoms with van der Waals surface area (Å²) in [5, 5.41) is 15.9. The minimum Gasteiger partial charge on any atom is -0.778 e. The number of rotatable bonds is 23. The number of alkyl halides is 6. The van der Waals surface area contributed by atoms with E-state index < -0.39 is 132 Å². The predicted octanol–water partition coefficient (Wildman–Crippen LogP) is 4.29. The fourth-order valence-electron chi connectivity index (χ4n) is 6.66. The number of amides is 4. The Labute approximate surface area is 557 Å². The van der Waals surface area contributed by atoms with Gasteiger partial charge >= 0.3 is 48.4 Å². The molecule has 0 fully saturated rings. The number of esters is 1. The van der Waals surface area contributed by atoms with Crippen LogP contribution in [-0.2, 0) is 72.5 Å². The topological polar surface area (TPSA) is 466 Å². The van der Waals surface area contributed by atoms with Gasteiger partial charge in [0.25, 0.3) is 20.0 Å². The summed E-state index contributed by atoms with van der Waals surface area (Å²) in [4.78, 5) is 97.2. The molecule has 0 radical (unpaired) electrons. The number of methoxy groups -OCH3 is 3. The Balaban J connectivity index is 0.000000445. The molecule has 4 amide bonds. The molecule has 2 unspecified atom stereocenters. The molecule has 6 rings (SSSR count). The lowest BCUT2D eigenvalue weighted by Crippen LogP contribution is -2.36. The maximum atomic E-state index is 14.2. The lowest BCUT2D eigenvalue weighted by Gasteiger charge is -2.14. The highest BCUT2D eigenvalue weighted by Crippen LogP contribution is 2.28. The fourth-order valence-corrected chi connectivity index (χ4v) is 11.2. The molecule has 33 nitrogen and oxygen atoms in total. The first kappa shape index (κ1) is 84.1. The highest BCUT2D eigenvalue weighted by atomic mass is 35.5. The summed E-state index contributed by atoms with van der Waals surface area (Å²) < 4.78 is 185. The molecule has 0 aliphatic heterocycles. The summed E-state index contributed by atoms with van der Waals surface area (Å²) in [7, 11) is -12.7. The Hall–Kier alpha value is -8.03. The number of sulfone groups is 1. The summed E-state index contributed by atoms with van der Waals surface area (Å²) in [6.45, 7) is 2.18. The minimum atomic E-state index is -4.61. The summed E-state index contributed by atoms with van der Waals surface area (Å²) in [5.41, 5.74) is -1.44. The average Bonchev–Trinajstić information content (AvgIpc) is 1.15. The molecule has 0 spiro atoms. The monoisotopic (exact) mass is 1510 g/mol. The van der Waals surface area contributed by atoms with Gasteiger partial charge in [0.15, 0.2) is 20.7 Å². The second kappa shape index (κ2) is 38.1. The standard InChI is InChI=1S/C15H14Cl2F3N3O3.C15H16F3N5O4S.C14H17N5O7S2.C3H8NO5P.C3H9S/c1-3-26-13(24)10(17)4-8-5-12(11(18)6-9(8)16)23-15(25)22(14(19)20)7(2)21-23;1-9-19-12(22-14(20-9)27-2)21-13(24)23-28(25,26)11-6-4-3-5-10(11)7-8-15(16,17)18;1-4-27(21,22)9-6-5-7-15-12(9)28(23,24)19-14(20)18-13-16-10(25-2)8-11(17-13)26-3;5-3(6)1-4-2-10(7,8)9;1-4(2)3/h5-6,10,14H,3-4H2,1-2H3;3-6H,7-8H2,1-2H3,(H2,19,20,21,22,23,24);5-8H,4H2,1-3H3,(H2,16,17,18,19,20);4H,1-2H2,(H,5,6)(H2,7,8,9);1-3H3/q;;;;+1/p-1. The van der Waals surface area contributed by atoms with Gasteiger partial charge in [-0.3, -0.25) is 25.5 Å². The highest BCUT2D eigenvalue weighted by molar-refractivity contribution is 7.94. The first-order chi connectivity index (χ1) is 44.4. The van der Waals surface area contributed by atoms with E-state index in [0.717, 1.165) is 30.5 Å².